The van der Waals surface area contributed by atoms with Gasteiger partial charge in [0.1, 0.15) is 11.2 Å². The van der Waals surface area contributed by atoms with Crippen LogP contribution >= 0.6 is 0 Å². The molecule has 0 amide bonds. The molecular formula is C15H10O3. The Balaban J connectivity index is 2.49. The molecule has 1 aromatic heterocycles. The summed E-state index contributed by atoms with van der Waals surface area (Å²) in [5.41, 5.74) is 1.48. The molecular weight excluding hydrogens is 228 g/mol. The quantitative estimate of drug-likeness (QED) is 0.483. The number of benzene rings is 2. The molecule has 0 bridgehead atoms. The van der Waals surface area contributed by atoms with Crippen LogP contribution in [0.1, 0.15) is 17.3 Å². The summed E-state index contributed by atoms with van der Waals surface area (Å²) in [4.78, 5) is 23.6. The van der Waals surface area contributed by atoms with Crippen LogP contribution in [0.4, 0.5) is 0 Å². The molecule has 88 valence electrons. The molecule has 0 N–H and O–H groups in total. The molecule has 3 aromatic rings. The van der Waals surface area contributed by atoms with E-state index in [2.05, 4.69) is 0 Å². The van der Waals surface area contributed by atoms with Crippen LogP contribution in [0.3, 0.4) is 0 Å². The van der Waals surface area contributed by atoms with Gasteiger partial charge in [-0.15, -0.1) is 0 Å². The lowest BCUT2D eigenvalue weighted by Crippen LogP contribution is -2.03. The highest BCUT2D eigenvalue weighted by atomic mass is 16.3. The SMILES string of the molecule is CC(=O)c1ccc2oc3ccccc3c(=O)c2c1. The molecule has 0 unspecified atom stereocenters. The Bertz CT molecular complexity index is 828. The number of rotatable bonds is 1. The molecule has 18 heavy (non-hydrogen) atoms. The van der Waals surface area contributed by atoms with Gasteiger partial charge < -0.3 is 4.42 Å². The van der Waals surface area contributed by atoms with Crippen molar-refractivity contribution in [3.63, 3.8) is 0 Å². The van der Waals surface area contributed by atoms with Gasteiger partial charge in [0.15, 0.2) is 5.78 Å². The lowest BCUT2D eigenvalue weighted by molar-refractivity contribution is 0.101. The molecule has 0 aliphatic heterocycles. The number of carbonyl (C=O) groups is 1. The molecule has 0 aliphatic rings. The summed E-state index contributed by atoms with van der Waals surface area (Å²) >= 11 is 0. The number of para-hydroxylation sites is 1. The average molecular weight is 238 g/mol. The van der Waals surface area contributed by atoms with E-state index < -0.39 is 0 Å². The lowest BCUT2D eigenvalue weighted by Gasteiger charge is -2.02. The van der Waals surface area contributed by atoms with Crippen LogP contribution in [0.5, 0.6) is 0 Å². The first-order valence-electron chi connectivity index (χ1n) is 5.63. The van der Waals surface area contributed by atoms with Gasteiger partial charge in [0.25, 0.3) is 0 Å². The summed E-state index contributed by atoms with van der Waals surface area (Å²) in [6.07, 6.45) is 0. The van der Waals surface area contributed by atoms with E-state index in [0.29, 0.717) is 27.5 Å². The summed E-state index contributed by atoms with van der Waals surface area (Å²) < 4.78 is 5.65. The maximum absolute atomic E-state index is 12.3. The number of ketones is 1. The summed E-state index contributed by atoms with van der Waals surface area (Å²) in [6, 6.07) is 12.0. The van der Waals surface area contributed by atoms with Crippen molar-refractivity contribution in [1.29, 1.82) is 0 Å². The minimum absolute atomic E-state index is 0.0653. The molecule has 0 radical (unpaired) electrons. The second-order valence-electron chi connectivity index (χ2n) is 4.19. The van der Waals surface area contributed by atoms with Crippen molar-refractivity contribution in [2.75, 3.05) is 0 Å². The molecule has 3 heteroatoms. The molecule has 1 heterocycles. The zero-order valence-corrected chi connectivity index (χ0v) is 9.77. The van der Waals surface area contributed by atoms with Gasteiger partial charge in [-0.3, -0.25) is 9.59 Å². The maximum Gasteiger partial charge on any atom is 0.200 e. The van der Waals surface area contributed by atoms with Crippen molar-refractivity contribution in [2.24, 2.45) is 0 Å². The summed E-state index contributed by atoms with van der Waals surface area (Å²) in [7, 11) is 0. The average Bonchev–Trinajstić information content (AvgIpc) is 2.38. The van der Waals surface area contributed by atoms with E-state index in [1.54, 1.807) is 36.4 Å². The summed E-state index contributed by atoms with van der Waals surface area (Å²) in [5, 5.41) is 0.979. The van der Waals surface area contributed by atoms with Crippen molar-refractivity contribution in [3.8, 4) is 0 Å². The normalized spacial score (nSPS) is 10.9. The van der Waals surface area contributed by atoms with E-state index in [1.807, 2.05) is 6.07 Å². The number of hydrogen-bond donors (Lipinski definition) is 0. The van der Waals surface area contributed by atoms with Gasteiger partial charge in [0, 0.05) is 5.56 Å². The molecule has 0 aliphatic carbocycles. The molecule has 0 atom stereocenters. The van der Waals surface area contributed by atoms with Gasteiger partial charge in [-0.05, 0) is 37.3 Å². The lowest BCUT2D eigenvalue weighted by atomic mass is 10.1. The van der Waals surface area contributed by atoms with Crippen molar-refractivity contribution in [3.05, 3.63) is 58.3 Å². The highest BCUT2D eigenvalue weighted by Crippen LogP contribution is 2.19. The second kappa shape index (κ2) is 3.81. The van der Waals surface area contributed by atoms with E-state index in [0.717, 1.165) is 0 Å². The monoisotopic (exact) mass is 238 g/mol. The first kappa shape index (κ1) is 10.7. The van der Waals surface area contributed by atoms with Gasteiger partial charge in [0.2, 0.25) is 5.43 Å². The first-order valence-corrected chi connectivity index (χ1v) is 5.63. The van der Waals surface area contributed by atoms with Crippen molar-refractivity contribution < 1.29 is 9.21 Å². The highest BCUT2D eigenvalue weighted by molar-refractivity contribution is 5.99. The minimum atomic E-state index is -0.102. The van der Waals surface area contributed by atoms with Crippen LogP contribution in [0, 0.1) is 0 Å². The van der Waals surface area contributed by atoms with Crippen molar-refractivity contribution in [1.82, 2.24) is 0 Å². The fourth-order valence-electron chi connectivity index (χ4n) is 2.02. The van der Waals surface area contributed by atoms with Crippen LogP contribution in [0.25, 0.3) is 21.9 Å². The molecule has 3 rings (SSSR count). The molecule has 3 nitrogen and oxygen atoms in total. The molecule has 2 aromatic carbocycles. The van der Waals surface area contributed by atoms with Crippen LogP contribution < -0.4 is 5.43 Å². The third kappa shape index (κ3) is 1.52. The molecule has 0 spiro atoms. The Morgan fingerprint density at radius 3 is 2.50 bits per heavy atom. The van der Waals surface area contributed by atoms with E-state index in [9.17, 15) is 9.59 Å². The molecule has 0 saturated heterocycles. The smallest absolute Gasteiger partial charge is 0.200 e. The van der Waals surface area contributed by atoms with Crippen LogP contribution in [0.2, 0.25) is 0 Å². The van der Waals surface area contributed by atoms with E-state index in [-0.39, 0.29) is 11.2 Å². The first-order chi connectivity index (χ1) is 8.66. The minimum Gasteiger partial charge on any atom is -0.456 e. The Morgan fingerprint density at radius 1 is 1.00 bits per heavy atom. The fraction of sp³-hybridized carbons (Fsp3) is 0.0667. The van der Waals surface area contributed by atoms with Crippen molar-refractivity contribution >= 4 is 27.7 Å². The van der Waals surface area contributed by atoms with Crippen molar-refractivity contribution in [2.45, 2.75) is 6.92 Å². The topological polar surface area (TPSA) is 47.3 Å². The second-order valence-corrected chi connectivity index (χ2v) is 4.19. The Hall–Kier alpha value is -2.42. The third-order valence-corrected chi connectivity index (χ3v) is 2.98. The number of fused-ring (bicyclic) bond motifs is 2. The Kier molecular flexibility index (Phi) is 2.27. The zero-order valence-electron chi connectivity index (χ0n) is 9.77. The van der Waals surface area contributed by atoms with Gasteiger partial charge >= 0.3 is 0 Å². The van der Waals surface area contributed by atoms with Crippen LogP contribution in [0.15, 0.2) is 51.7 Å². The third-order valence-electron chi connectivity index (χ3n) is 2.98. The van der Waals surface area contributed by atoms with Gasteiger partial charge in [-0.1, -0.05) is 12.1 Å². The number of hydrogen-bond acceptors (Lipinski definition) is 3. The van der Waals surface area contributed by atoms with Gasteiger partial charge in [0.05, 0.1) is 10.8 Å². The summed E-state index contributed by atoms with van der Waals surface area (Å²) in [5.74, 6) is -0.0653. The largest absolute Gasteiger partial charge is 0.456 e. The predicted octanol–water partition coefficient (Wildman–Crippen LogP) is 3.15. The van der Waals surface area contributed by atoms with E-state index in [4.69, 9.17) is 4.42 Å². The Labute approximate surface area is 103 Å². The van der Waals surface area contributed by atoms with Gasteiger partial charge in [-0.25, -0.2) is 0 Å². The maximum atomic E-state index is 12.3. The van der Waals surface area contributed by atoms with E-state index in [1.165, 1.54) is 6.92 Å². The van der Waals surface area contributed by atoms with Crippen LogP contribution in [-0.4, -0.2) is 5.78 Å². The highest BCUT2D eigenvalue weighted by Gasteiger charge is 2.09. The molecule has 0 fully saturated rings. The standard InChI is InChI=1S/C15H10O3/c1-9(16)10-6-7-14-12(8-10)15(17)11-4-2-3-5-13(11)18-14/h2-8H,1H3. The Morgan fingerprint density at radius 2 is 1.72 bits per heavy atom. The fourth-order valence-corrected chi connectivity index (χ4v) is 2.02. The zero-order chi connectivity index (χ0) is 12.7. The molecule has 0 saturated carbocycles. The summed E-state index contributed by atoms with van der Waals surface area (Å²) in [6.45, 7) is 1.48. The van der Waals surface area contributed by atoms with Gasteiger partial charge in [-0.2, -0.15) is 0 Å². The van der Waals surface area contributed by atoms with Crippen LogP contribution in [-0.2, 0) is 0 Å². The number of carbonyl (C=O) groups excluding carboxylic acids is 1. The predicted molar refractivity (Wildman–Crippen MR) is 70.0 cm³/mol. The van der Waals surface area contributed by atoms with E-state index >= 15 is 0 Å². The number of Topliss-reactive ketones (excluding diaryl/α,β-unsaturated/α-hetero) is 1.